The third-order valence-corrected chi connectivity index (χ3v) is 4.31. The van der Waals surface area contributed by atoms with Gasteiger partial charge in [0, 0.05) is 0 Å². The van der Waals surface area contributed by atoms with Crippen LogP contribution in [0.25, 0.3) is 16.8 Å². The molecule has 8 heteroatoms. The SMILES string of the molecule is CCOC(=O)c1nnc2c(-c3ccc(OC)c(OC)c3)c(CC)nn2c1C. The summed E-state index contributed by atoms with van der Waals surface area (Å²) in [5, 5.41) is 13.0. The Morgan fingerprint density at radius 3 is 2.48 bits per heavy atom. The highest BCUT2D eigenvalue weighted by atomic mass is 16.5. The maximum Gasteiger partial charge on any atom is 0.360 e. The molecule has 0 fully saturated rings. The minimum atomic E-state index is -0.509. The maximum atomic E-state index is 12.1. The van der Waals surface area contributed by atoms with Crippen LogP contribution in [-0.2, 0) is 11.2 Å². The molecule has 0 saturated heterocycles. The van der Waals surface area contributed by atoms with E-state index in [1.165, 1.54) is 0 Å². The van der Waals surface area contributed by atoms with Crippen molar-refractivity contribution >= 4 is 11.6 Å². The van der Waals surface area contributed by atoms with Crippen LogP contribution in [-0.4, -0.2) is 46.6 Å². The van der Waals surface area contributed by atoms with Gasteiger partial charge in [-0.25, -0.2) is 9.31 Å². The first-order chi connectivity index (χ1) is 13.0. The first kappa shape index (κ1) is 18.6. The number of benzene rings is 1. The van der Waals surface area contributed by atoms with Crippen molar-refractivity contribution in [2.45, 2.75) is 27.2 Å². The summed E-state index contributed by atoms with van der Waals surface area (Å²) in [4.78, 5) is 12.1. The summed E-state index contributed by atoms with van der Waals surface area (Å²) < 4.78 is 17.4. The summed E-state index contributed by atoms with van der Waals surface area (Å²) in [7, 11) is 3.18. The Hall–Kier alpha value is -3.16. The van der Waals surface area contributed by atoms with Crippen LogP contribution in [0.2, 0.25) is 0 Å². The summed E-state index contributed by atoms with van der Waals surface area (Å²) >= 11 is 0. The summed E-state index contributed by atoms with van der Waals surface area (Å²) in [6.07, 6.45) is 0.696. The third kappa shape index (κ3) is 3.18. The zero-order chi connectivity index (χ0) is 19.6. The Kier molecular flexibility index (Phi) is 5.25. The molecule has 2 aromatic heterocycles. The van der Waals surface area contributed by atoms with E-state index in [4.69, 9.17) is 14.2 Å². The molecule has 0 amide bonds. The van der Waals surface area contributed by atoms with Gasteiger partial charge < -0.3 is 14.2 Å². The van der Waals surface area contributed by atoms with E-state index in [0.29, 0.717) is 29.3 Å². The molecule has 0 atom stereocenters. The molecule has 0 saturated carbocycles. The molecule has 0 bridgehead atoms. The van der Waals surface area contributed by atoms with Gasteiger partial charge in [0.05, 0.1) is 37.8 Å². The zero-order valence-electron chi connectivity index (χ0n) is 16.1. The van der Waals surface area contributed by atoms with E-state index in [1.807, 2.05) is 25.1 Å². The highest BCUT2D eigenvalue weighted by molar-refractivity contribution is 5.89. The third-order valence-electron chi connectivity index (χ3n) is 4.31. The number of aryl methyl sites for hydroxylation is 2. The highest BCUT2D eigenvalue weighted by Crippen LogP contribution is 2.35. The number of methoxy groups -OCH3 is 2. The van der Waals surface area contributed by atoms with E-state index in [1.54, 1.807) is 32.6 Å². The Morgan fingerprint density at radius 2 is 1.85 bits per heavy atom. The molecule has 8 nitrogen and oxygen atoms in total. The van der Waals surface area contributed by atoms with E-state index in [9.17, 15) is 4.79 Å². The number of ether oxygens (including phenoxy) is 3. The van der Waals surface area contributed by atoms with Crippen molar-refractivity contribution in [3.05, 3.63) is 35.3 Å². The van der Waals surface area contributed by atoms with Crippen LogP contribution in [0.3, 0.4) is 0 Å². The molecule has 3 aromatic rings. The Balaban J connectivity index is 2.22. The summed E-state index contributed by atoms with van der Waals surface area (Å²) in [6.45, 7) is 5.81. The molecule has 27 heavy (non-hydrogen) atoms. The zero-order valence-corrected chi connectivity index (χ0v) is 16.1. The lowest BCUT2D eigenvalue weighted by atomic mass is 10.0. The Labute approximate surface area is 157 Å². The number of nitrogens with zero attached hydrogens (tertiary/aromatic N) is 4. The molecule has 0 radical (unpaired) electrons. The molecule has 0 aliphatic heterocycles. The first-order valence-corrected chi connectivity index (χ1v) is 8.70. The predicted molar refractivity (Wildman–Crippen MR) is 99.4 cm³/mol. The average Bonchev–Trinajstić information content (AvgIpc) is 3.07. The largest absolute Gasteiger partial charge is 0.493 e. The topological polar surface area (TPSA) is 87.8 Å². The van der Waals surface area contributed by atoms with E-state index in [-0.39, 0.29) is 12.3 Å². The van der Waals surface area contributed by atoms with Crippen LogP contribution in [0.15, 0.2) is 18.2 Å². The minimum Gasteiger partial charge on any atom is -0.493 e. The Morgan fingerprint density at radius 1 is 1.11 bits per heavy atom. The average molecular weight is 370 g/mol. The van der Waals surface area contributed by atoms with Gasteiger partial charge in [0.15, 0.2) is 22.8 Å². The number of fused-ring (bicyclic) bond motifs is 1. The molecular formula is C19H22N4O4. The van der Waals surface area contributed by atoms with Gasteiger partial charge in [-0.2, -0.15) is 5.10 Å². The van der Waals surface area contributed by atoms with Gasteiger partial charge in [-0.15, -0.1) is 10.2 Å². The first-order valence-electron chi connectivity index (χ1n) is 8.70. The van der Waals surface area contributed by atoms with Gasteiger partial charge in [0.1, 0.15) is 0 Å². The second-order valence-corrected chi connectivity index (χ2v) is 5.83. The van der Waals surface area contributed by atoms with Crippen molar-refractivity contribution in [3.63, 3.8) is 0 Å². The molecule has 0 N–H and O–H groups in total. The number of esters is 1. The lowest BCUT2D eigenvalue weighted by Gasteiger charge is -2.10. The van der Waals surface area contributed by atoms with E-state index in [0.717, 1.165) is 16.8 Å². The normalized spacial score (nSPS) is 10.9. The van der Waals surface area contributed by atoms with Crippen LogP contribution in [0.1, 0.15) is 35.7 Å². The number of carbonyl (C=O) groups is 1. The standard InChI is InChI=1S/C19H22N4O4/c1-6-13-16(12-8-9-14(25-4)15(10-12)26-5)18-21-20-17(19(24)27-7-2)11(3)23(18)22-13/h8-10H,6-7H2,1-5H3. The van der Waals surface area contributed by atoms with Gasteiger partial charge >= 0.3 is 5.97 Å². The van der Waals surface area contributed by atoms with Gasteiger partial charge in [0.25, 0.3) is 0 Å². The van der Waals surface area contributed by atoms with Crippen molar-refractivity contribution in [3.8, 4) is 22.6 Å². The van der Waals surface area contributed by atoms with Crippen LogP contribution in [0.4, 0.5) is 0 Å². The highest BCUT2D eigenvalue weighted by Gasteiger charge is 2.22. The number of hydrogen-bond donors (Lipinski definition) is 0. The smallest absolute Gasteiger partial charge is 0.360 e. The molecular weight excluding hydrogens is 348 g/mol. The van der Waals surface area contributed by atoms with Crippen LogP contribution < -0.4 is 9.47 Å². The quantitative estimate of drug-likeness (QED) is 0.617. The lowest BCUT2D eigenvalue weighted by molar-refractivity contribution is 0.0516. The number of aromatic nitrogens is 4. The summed E-state index contributed by atoms with van der Waals surface area (Å²) in [5.74, 6) is 0.748. The number of rotatable bonds is 6. The van der Waals surface area contributed by atoms with Gasteiger partial charge in [-0.05, 0) is 38.0 Å². The summed E-state index contributed by atoms with van der Waals surface area (Å²) in [5.41, 5.74) is 3.90. The molecule has 3 rings (SSSR count). The fourth-order valence-corrected chi connectivity index (χ4v) is 2.97. The maximum absolute atomic E-state index is 12.1. The van der Waals surface area contributed by atoms with Gasteiger partial charge in [-0.3, -0.25) is 0 Å². The number of carbonyl (C=O) groups excluding carboxylic acids is 1. The molecule has 142 valence electrons. The molecule has 2 heterocycles. The predicted octanol–water partition coefficient (Wildman–Crippen LogP) is 2.86. The second-order valence-electron chi connectivity index (χ2n) is 5.83. The van der Waals surface area contributed by atoms with Crippen molar-refractivity contribution in [1.82, 2.24) is 19.8 Å². The minimum absolute atomic E-state index is 0.161. The molecule has 0 spiro atoms. The van der Waals surface area contributed by atoms with E-state index >= 15 is 0 Å². The molecule has 0 aliphatic carbocycles. The molecule has 0 aliphatic rings. The van der Waals surface area contributed by atoms with Gasteiger partial charge in [-0.1, -0.05) is 13.0 Å². The van der Waals surface area contributed by atoms with Crippen molar-refractivity contribution in [2.24, 2.45) is 0 Å². The van der Waals surface area contributed by atoms with Crippen molar-refractivity contribution < 1.29 is 19.0 Å². The van der Waals surface area contributed by atoms with Gasteiger partial charge in [0.2, 0.25) is 0 Å². The fraction of sp³-hybridized carbons (Fsp3) is 0.368. The fourth-order valence-electron chi connectivity index (χ4n) is 2.97. The monoisotopic (exact) mass is 370 g/mol. The van der Waals surface area contributed by atoms with Crippen molar-refractivity contribution in [1.29, 1.82) is 0 Å². The second kappa shape index (κ2) is 7.61. The lowest BCUT2D eigenvalue weighted by Crippen LogP contribution is -2.14. The van der Waals surface area contributed by atoms with Crippen LogP contribution >= 0.6 is 0 Å². The molecule has 0 unspecified atom stereocenters. The summed E-state index contributed by atoms with van der Waals surface area (Å²) in [6, 6.07) is 5.64. The van der Waals surface area contributed by atoms with Crippen molar-refractivity contribution in [2.75, 3.05) is 20.8 Å². The van der Waals surface area contributed by atoms with E-state index < -0.39 is 5.97 Å². The number of hydrogen-bond acceptors (Lipinski definition) is 7. The van der Waals surface area contributed by atoms with Crippen LogP contribution in [0.5, 0.6) is 11.5 Å². The molecule has 1 aromatic carbocycles. The van der Waals surface area contributed by atoms with E-state index in [2.05, 4.69) is 15.3 Å². The van der Waals surface area contributed by atoms with Crippen LogP contribution in [0, 0.1) is 6.92 Å². The Bertz CT molecular complexity index is 997.